The zero-order valence-electron chi connectivity index (χ0n) is 13.6. The van der Waals surface area contributed by atoms with E-state index in [0.717, 1.165) is 23.0 Å². The first-order chi connectivity index (χ1) is 11.7. The number of benzene rings is 1. The van der Waals surface area contributed by atoms with Gasteiger partial charge in [0.05, 0.1) is 25.4 Å². The first kappa shape index (κ1) is 15.7. The van der Waals surface area contributed by atoms with Crippen LogP contribution in [-0.4, -0.2) is 27.6 Å². The van der Waals surface area contributed by atoms with Crippen molar-refractivity contribution in [3.8, 4) is 11.6 Å². The Hall–Kier alpha value is -3.15. The summed E-state index contributed by atoms with van der Waals surface area (Å²) in [5.41, 5.74) is 1.59. The van der Waals surface area contributed by atoms with Crippen LogP contribution >= 0.6 is 0 Å². The highest BCUT2D eigenvalue weighted by atomic mass is 16.5. The van der Waals surface area contributed by atoms with Gasteiger partial charge in [-0.25, -0.2) is 9.97 Å². The van der Waals surface area contributed by atoms with Gasteiger partial charge in [-0.3, -0.25) is 9.36 Å². The quantitative estimate of drug-likeness (QED) is 0.784. The predicted octanol–water partition coefficient (Wildman–Crippen LogP) is 2.77. The molecule has 2 heterocycles. The zero-order chi connectivity index (χ0) is 16.9. The molecule has 1 N–H and O–H groups in total. The van der Waals surface area contributed by atoms with Crippen molar-refractivity contribution in [1.82, 2.24) is 14.5 Å². The topological polar surface area (TPSA) is 69.0 Å². The molecule has 0 aliphatic carbocycles. The minimum Gasteiger partial charge on any atom is -0.497 e. The van der Waals surface area contributed by atoms with Crippen molar-refractivity contribution >= 4 is 11.6 Å². The third-order valence-electron chi connectivity index (χ3n) is 3.63. The van der Waals surface area contributed by atoms with E-state index in [9.17, 15) is 4.79 Å². The minimum absolute atomic E-state index is 0.0893. The van der Waals surface area contributed by atoms with Crippen LogP contribution in [0.5, 0.6) is 5.75 Å². The fraction of sp³-hybridized carbons (Fsp3) is 0.167. The van der Waals surface area contributed by atoms with Gasteiger partial charge in [0.25, 0.3) is 0 Å². The first-order valence-electron chi connectivity index (χ1n) is 7.55. The normalized spacial score (nSPS) is 10.4. The van der Waals surface area contributed by atoms with Crippen LogP contribution in [0, 0.1) is 6.92 Å². The number of pyridine rings is 1. The maximum atomic E-state index is 12.1. The summed E-state index contributed by atoms with van der Waals surface area (Å²) in [6.07, 6.45) is 5.51. The highest BCUT2D eigenvalue weighted by molar-refractivity contribution is 5.92. The summed E-state index contributed by atoms with van der Waals surface area (Å²) in [6, 6.07) is 11.1. The van der Waals surface area contributed by atoms with E-state index in [0.29, 0.717) is 12.1 Å². The maximum absolute atomic E-state index is 12.1. The number of aromatic nitrogens is 3. The summed E-state index contributed by atoms with van der Waals surface area (Å²) in [6.45, 7) is 1.91. The Morgan fingerprint density at radius 1 is 1.17 bits per heavy atom. The van der Waals surface area contributed by atoms with Gasteiger partial charge in [0, 0.05) is 12.4 Å². The van der Waals surface area contributed by atoms with E-state index >= 15 is 0 Å². The molecule has 0 fully saturated rings. The van der Waals surface area contributed by atoms with E-state index in [1.807, 2.05) is 54.1 Å². The first-order valence-corrected chi connectivity index (χ1v) is 7.55. The summed E-state index contributed by atoms with van der Waals surface area (Å²) in [7, 11) is 1.61. The molecule has 0 bridgehead atoms. The zero-order valence-corrected chi connectivity index (χ0v) is 13.6. The second-order valence-electron chi connectivity index (χ2n) is 5.32. The smallest absolute Gasteiger partial charge is 0.228 e. The van der Waals surface area contributed by atoms with Crippen LogP contribution in [0.4, 0.5) is 5.69 Å². The number of nitrogens with one attached hydrogen (secondary N) is 1. The average molecular weight is 322 g/mol. The summed E-state index contributed by atoms with van der Waals surface area (Å²) < 4.78 is 6.98. The molecular weight excluding hydrogens is 304 g/mol. The Morgan fingerprint density at radius 3 is 2.54 bits per heavy atom. The third kappa shape index (κ3) is 3.60. The van der Waals surface area contributed by atoms with E-state index < -0.39 is 0 Å². The van der Waals surface area contributed by atoms with E-state index in [2.05, 4.69) is 15.3 Å². The molecule has 0 aliphatic heterocycles. The van der Waals surface area contributed by atoms with Crippen LogP contribution in [0.3, 0.4) is 0 Å². The van der Waals surface area contributed by atoms with Crippen LogP contribution in [0.15, 0.2) is 55.0 Å². The average Bonchev–Trinajstić information content (AvgIpc) is 3.02. The van der Waals surface area contributed by atoms with E-state index in [1.165, 1.54) is 0 Å². The highest BCUT2D eigenvalue weighted by Crippen LogP contribution is 2.14. The summed E-state index contributed by atoms with van der Waals surface area (Å²) >= 11 is 0. The molecule has 6 heteroatoms. The fourth-order valence-corrected chi connectivity index (χ4v) is 2.36. The number of imidazole rings is 1. The van der Waals surface area contributed by atoms with Gasteiger partial charge in [-0.2, -0.15) is 0 Å². The molecule has 0 saturated heterocycles. The van der Waals surface area contributed by atoms with Crippen molar-refractivity contribution < 1.29 is 9.53 Å². The van der Waals surface area contributed by atoms with Crippen LogP contribution in [0.25, 0.3) is 5.82 Å². The van der Waals surface area contributed by atoms with E-state index in [1.54, 1.807) is 19.5 Å². The van der Waals surface area contributed by atoms with E-state index in [4.69, 9.17) is 4.74 Å². The molecule has 122 valence electrons. The Balaban J connectivity index is 1.63. The van der Waals surface area contributed by atoms with Gasteiger partial charge < -0.3 is 10.1 Å². The van der Waals surface area contributed by atoms with Crippen LogP contribution < -0.4 is 10.1 Å². The van der Waals surface area contributed by atoms with Crippen molar-refractivity contribution in [2.75, 3.05) is 12.4 Å². The number of anilines is 1. The number of nitrogens with zero attached hydrogens (tertiary/aromatic N) is 3. The highest BCUT2D eigenvalue weighted by Gasteiger charge is 2.06. The number of carbonyl (C=O) groups is 1. The van der Waals surface area contributed by atoms with Gasteiger partial charge in [0.1, 0.15) is 17.4 Å². The molecule has 0 radical (unpaired) electrons. The molecule has 0 spiro atoms. The van der Waals surface area contributed by atoms with Crippen LogP contribution in [0.2, 0.25) is 0 Å². The maximum Gasteiger partial charge on any atom is 0.228 e. The molecule has 1 aromatic carbocycles. The molecule has 2 aromatic heterocycles. The molecule has 24 heavy (non-hydrogen) atoms. The number of carbonyl (C=O) groups excluding carboxylic acids is 1. The van der Waals surface area contributed by atoms with Gasteiger partial charge in [-0.1, -0.05) is 12.1 Å². The molecule has 0 unspecified atom stereocenters. The lowest BCUT2D eigenvalue weighted by Gasteiger charge is -2.08. The number of aryl methyl sites for hydroxylation is 1. The second kappa shape index (κ2) is 6.95. The number of rotatable bonds is 5. The molecule has 3 aromatic rings. The molecule has 0 saturated carbocycles. The lowest BCUT2D eigenvalue weighted by atomic mass is 10.1. The minimum atomic E-state index is -0.0893. The number of amides is 1. The van der Waals surface area contributed by atoms with Crippen molar-refractivity contribution in [1.29, 1.82) is 0 Å². The predicted molar refractivity (Wildman–Crippen MR) is 91.4 cm³/mol. The van der Waals surface area contributed by atoms with Gasteiger partial charge in [-0.15, -0.1) is 0 Å². The van der Waals surface area contributed by atoms with Crippen molar-refractivity contribution in [3.63, 3.8) is 0 Å². The molecule has 0 aliphatic rings. The molecule has 0 atom stereocenters. The Kier molecular flexibility index (Phi) is 4.56. The summed E-state index contributed by atoms with van der Waals surface area (Å²) in [4.78, 5) is 20.6. The number of hydrogen-bond acceptors (Lipinski definition) is 4. The van der Waals surface area contributed by atoms with Crippen molar-refractivity contribution in [2.45, 2.75) is 13.3 Å². The lowest BCUT2D eigenvalue weighted by molar-refractivity contribution is -0.115. The standard InChI is InChI=1S/C18H18N4O2/c1-13-19-9-10-22(13)17-8-5-15(12-20-17)21-18(23)11-14-3-6-16(24-2)7-4-14/h3-10,12H,11H2,1-2H3,(H,21,23). The van der Waals surface area contributed by atoms with Gasteiger partial charge in [0.15, 0.2) is 0 Å². The van der Waals surface area contributed by atoms with E-state index in [-0.39, 0.29) is 5.91 Å². The van der Waals surface area contributed by atoms with Gasteiger partial charge in [0.2, 0.25) is 5.91 Å². The lowest BCUT2D eigenvalue weighted by Crippen LogP contribution is -2.14. The molecule has 1 amide bonds. The number of methoxy groups -OCH3 is 1. The van der Waals surface area contributed by atoms with Crippen molar-refractivity contribution in [3.05, 3.63) is 66.4 Å². The van der Waals surface area contributed by atoms with Crippen LogP contribution in [0.1, 0.15) is 11.4 Å². The summed E-state index contributed by atoms with van der Waals surface area (Å²) in [5, 5.41) is 2.85. The number of ether oxygens (including phenoxy) is 1. The molecule has 6 nitrogen and oxygen atoms in total. The Bertz CT molecular complexity index is 823. The van der Waals surface area contributed by atoms with Gasteiger partial charge in [-0.05, 0) is 36.8 Å². The van der Waals surface area contributed by atoms with Gasteiger partial charge >= 0.3 is 0 Å². The summed E-state index contributed by atoms with van der Waals surface area (Å²) in [5.74, 6) is 2.30. The number of hydrogen-bond donors (Lipinski definition) is 1. The monoisotopic (exact) mass is 322 g/mol. The van der Waals surface area contributed by atoms with Crippen LogP contribution in [-0.2, 0) is 11.2 Å². The SMILES string of the molecule is COc1ccc(CC(=O)Nc2ccc(-n3ccnc3C)nc2)cc1. The Labute approximate surface area is 140 Å². The largest absolute Gasteiger partial charge is 0.497 e. The van der Waals surface area contributed by atoms with Crippen molar-refractivity contribution in [2.24, 2.45) is 0 Å². The Morgan fingerprint density at radius 2 is 1.96 bits per heavy atom. The third-order valence-corrected chi connectivity index (χ3v) is 3.63. The second-order valence-corrected chi connectivity index (χ2v) is 5.32. The molecule has 3 rings (SSSR count). The molecular formula is C18H18N4O2. The fourth-order valence-electron chi connectivity index (χ4n) is 2.36.